The molecule has 0 atom stereocenters. The molecule has 0 radical (unpaired) electrons. The number of carbonyl (C=O) groups excluding carboxylic acids is 1. The molecule has 2 rings (SSSR count). The van der Waals surface area contributed by atoms with Crippen molar-refractivity contribution < 1.29 is 9.53 Å². The van der Waals surface area contributed by atoms with E-state index in [-0.39, 0.29) is 5.78 Å². The molecule has 0 spiro atoms. The van der Waals surface area contributed by atoms with Crippen molar-refractivity contribution in [1.29, 1.82) is 0 Å². The highest BCUT2D eigenvalue weighted by molar-refractivity contribution is 6.30. The van der Waals surface area contributed by atoms with Crippen molar-refractivity contribution in [2.45, 2.75) is 20.3 Å². The Morgan fingerprint density at radius 3 is 2.35 bits per heavy atom. The standard InChI is InChI=1S/C17H17ClO2/c1-11-6-12(2)8-13(7-11)9-16(19)15-5-4-14(18)10-17(15)20-3/h4-8,10H,9H2,1-3H3. The summed E-state index contributed by atoms with van der Waals surface area (Å²) in [5.74, 6) is 0.551. The minimum atomic E-state index is 0.0310. The number of hydrogen-bond donors (Lipinski definition) is 0. The summed E-state index contributed by atoms with van der Waals surface area (Å²) in [7, 11) is 1.54. The van der Waals surface area contributed by atoms with Crippen molar-refractivity contribution in [3.8, 4) is 5.75 Å². The van der Waals surface area contributed by atoms with E-state index in [1.165, 1.54) is 0 Å². The fourth-order valence-electron chi connectivity index (χ4n) is 2.35. The van der Waals surface area contributed by atoms with Gasteiger partial charge in [-0.25, -0.2) is 0 Å². The van der Waals surface area contributed by atoms with Crippen LogP contribution in [-0.4, -0.2) is 12.9 Å². The second-order valence-electron chi connectivity index (χ2n) is 4.94. The molecule has 0 heterocycles. The number of benzene rings is 2. The first kappa shape index (κ1) is 14.6. The van der Waals surface area contributed by atoms with E-state index in [1.807, 2.05) is 26.0 Å². The Labute approximate surface area is 124 Å². The minimum absolute atomic E-state index is 0.0310. The van der Waals surface area contributed by atoms with Crippen LogP contribution in [0.1, 0.15) is 27.0 Å². The summed E-state index contributed by atoms with van der Waals surface area (Å²) in [5.41, 5.74) is 3.91. The minimum Gasteiger partial charge on any atom is -0.496 e. The molecule has 3 heteroatoms. The first-order valence-corrected chi connectivity index (χ1v) is 6.81. The van der Waals surface area contributed by atoms with Crippen molar-refractivity contribution in [3.63, 3.8) is 0 Å². The van der Waals surface area contributed by atoms with Crippen LogP contribution in [-0.2, 0) is 6.42 Å². The monoisotopic (exact) mass is 288 g/mol. The summed E-state index contributed by atoms with van der Waals surface area (Å²) >= 11 is 5.91. The maximum absolute atomic E-state index is 12.4. The van der Waals surface area contributed by atoms with E-state index in [0.717, 1.165) is 16.7 Å². The molecule has 104 valence electrons. The summed E-state index contributed by atoms with van der Waals surface area (Å²) in [6, 6.07) is 11.2. The maximum atomic E-state index is 12.4. The molecular weight excluding hydrogens is 272 g/mol. The summed E-state index contributed by atoms with van der Waals surface area (Å²) < 4.78 is 5.23. The van der Waals surface area contributed by atoms with E-state index in [9.17, 15) is 4.79 Å². The van der Waals surface area contributed by atoms with E-state index in [4.69, 9.17) is 16.3 Å². The van der Waals surface area contributed by atoms with Gasteiger partial charge >= 0.3 is 0 Å². The van der Waals surface area contributed by atoms with Gasteiger partial charge in [-0.15, -0.1) is 0 Å². The Kier molecular flexibility index (Phi) is 4.46. The molecule has 0 aromatic heterocycles. The highest BCUT2D eigenvalue weighted by atomic mass is 35.5. The predicted octanol–water partition coefficient (Wildman–Crippen LogP) is 4.39. The van der Waals surface area contributed by atoms with Gasteiger partial charge in [0, 0.05) is 11.4 Å². The van der Waals surface area contributed by atoms with E-state index in [2.05, 4.69) is 6.07 Å². The average molecular weight is 289 g/mol. The van der Waals surface area contributed by atoms with Gasteiger partial charge in [-0.2, -0.15) is 0 Å². The van der Waals surface area contributed by atoms with Crippen LogP contribution in [0.5, 0.6) is 5.75 Å². The van der Waals surface area contributed by atoms with Crippen LogP contribution < -0.4 is 4.74 Å². The quantitative estimate of drug-likeness (QED) is 0.780. The van der Waals surface area contributed by atoms with Crippen LogP contribution in [0.3, 0.4) is 0 Å². The molecule has 0 N–H and O–H groups in total. The first-order chi connectivity index (χ1) is 9.49. The van der Waals surface area contributed by atoms with Gasteiger partial charge in [-0.05, 0) is 37.6 Å². The zero-order valence-corrected chi connectivity index (χ0v) is 12.6. The molecule has 0 aliphatic carbocycles. The molecule has 0 unspecified atom stereocenters. The number of halogens is 1. The topological polar surface area (TPSA) is 26.3 Å². The number of ketones is 1. The van der Waals surface area contributed by atoms with Crippen LogP contribution in [0.2, 0.25) is 5.02 Å². The Morgan fingerprint density at radius 1 is 1.10 bits per heavy atom. The molecule has 2 nitrogen and oxygen atoms in total. The van der Waals surface area contributed by atoms with Gasteiger partial charge in [0.05, 0.1) is 12.7 Å². The SMILES string of the molecule is COc1cc(Cl)ccc1C(=O)Cc1cc(C)cc(C)c1. The van der Waals surface area contributed by atoms with Crippen LogP contribution >= 0.6 is 11.6 Å². The zero-order valence-electron chi connectivity index (χ0n) is 11.9. The summed E-state index contributed by atoms with van der Waals surface area (Å²) in [5, 5.41) is 0.560. The summed E-state index contributed by atoms with van der Waals surface area (Å²) in [6.45, 7) is 4.06. The van der Waals surface area contributed by atoms with Crippen molar-refractivity contribution in [2.75, 3.05) is 7.11 Å². The van der Waals surface area contributed by atoms with E-state index >= 15 is 0 Å². The smallest absolute Gasteiger partial charge is 0.170 e. The van der Waals surface area contributed by atoms with Crippen LogP contribution in [0.4, 0.5) is 0 Å². The van der Waals surface area contributed by atoms with Gasteiger partial charge in [0.25, 0.3) is 0 Å². The third-order valence-corrected chi connectivity index (χ3v) is 3.35. The first-order valence-electron chi connectivity index (χ1n) is 6.43. The predicted molar refractivity (Wildman–Crippen MR) is 82.0 cm³/mol. The van der Waals surface area contributed by atoms with Gasteiger partial charge < -0.3 is 4.74 Å². The molecule has 0 aliphatic rings. The Morgan fingerprint density at radius 2 is 1.75 bits per heavy atom. The number of rotatable bonds is 4. The number of methoxy groups -OCH3 is 1. The lowest BCUT2D eigenvalue weighted by Gasteiger charge is -2.09. The van der Waals surface area contributed by atoms with Gasteiger partial charge in [0.2, 0.25) is 0 Å². The summed E-state index contributed by atoms with van der Waals surface area (Å²) in [4.78, 5) is 12.4. The number of Topliss-reactive ketones (excluding diaryl/α,β-unsaturated/α-hetero) is 1. The second-order valence-corrected chi connectivity index (χ2v) is 5.38. The van der Waals surface area contributed by atoms with E-state index in [1.54, 1.807) is 25.3 Å². The Balaban J connectivity index is 2.28. The third kappa shape index (κ3) is 3.40. The number of hydrogen-bond acceptors (Lipinski definition) is 2. The molecule has 0 fully saturated rings. The Bertz CT molecular complexity index is 627. The van der Waals surface area contributed by atoms with Gasteiger partial charge in [0.1, 0.15) is 5.75 Å². The highest BCUT2D eigenvalue weighted by Crippen LogP contribution is 2.24. The average Bonchev–Trinajstić information content (AvgIpc) is 2.37. The fraction of sp³-hybridized carbons (Fsp3) is 0.235. The third-order valence-electron chi connectivity index (χ3n) is 3.11. The normalized spacial score (nSPS) is 10.4. The molecule has 20 heavy (non-hydrogen) atoms. The van der Waals surface area contributed by atoms with E-state index < -0.39 is 0 Å². The van der Waals surface area contributed by atoms with Crippen LogP contribution in [0.15, 0.2) is 36.4 Å². The van der Waals surface area contributed by atoms with Crippen molar-refractivity contribution in [2.24, 2.45) is 0 Å². The molecule has 0 bridgehead atoms. The van der Waals surface area contributed by atoms with Crippen LogP contribution in [0.25, 0.3) is 0 Å². The second kappa shape index (κ2) is 6.10. The molecule has 2 aromatic carbocycles. The van der Waals surface area contributed by atoms with Gasteiger partial charge in [-0.1, -0.05) is 40.9 Å². The number of carbonyl (C=O) groups is 1. The van der Waals surface area contributed by atoms with E-state index in [0.29, 0.717) is 22.8 Å². The zero-order chi connectivity index (χ0) is 14.7. The van der Waals surface area contributed by atoms with Gasteiger partial charge in [0.15, 0.2) is 5.78 Å². The molecule has 0 amide bonds. The molecular formula is C17H17ClO2. The van der Waals surface area contributed by atoms with Crippen molar-refractivity contribution in [1.82, 2.24) is 0 Å². The number of ether oxygens (including phenoxy) is 1. The lowest BCUT2D eigenvalue weighted by atomic mass is 9.99. The lowest BCUT2D eigenvalue weighted by Crippen LogP contribution is -2.06. The maximum Gasteiger partial charge on any atom is 0.170 e. The largest absolute Gasteiger partial charge is 0.496 e. The van der Waals surface area contributed by atoms with Gasteiger partial charge in [-0.3, -0.25) is 4.79 Å². The fourth-order valence-corrected chi connectivity index (χ4v) is 2.51. The summed E-state index contributed by atoms with van der Waals surface area (Å²) in [6.07, 6.45) is 0.362. The van der Waals surface area contributed by atoms with Crippen molar-refractivity contribution >= 4 is 17.4 Å². The highest BCUT2D eigenvalue weighted by Gasteiger charge is 2.13. The molecule has 0 aliphatic heterocycles. The molecule has 0 saturated carbocycles. The Hall–Kier alpha value is -1.80. The van der Waals surface area contributed by atoms with Crippen molar-refractivity contribution in [3.05, 3.63) is 63.7 Å². The van der Waals surface area contributed by atoms with Crippen LogP contribution in [0, 0.1) is 13.8 Å². The lowest BCUT2D eigenvalue weighted by molar-refractivity contribution is 0.0990. The molecule has 0 saturated heterocycles. The molecule has 2 aromatic rings. The number of aryl methyl sites for hydroxylation is 2.